The molecule has 2 heterocycles. The number of hydrogen-bond acceptors (Lipinski definition) is 5. The molecule has 0 radical (unpaired) electrons. The fourth-order valence-corrected chi connectivity index (χ4v) is 2.77. The predicted molar refractivity (Wildman–Crippen MR) is 85.1 cm³/mol. The minimum atomic E-state index is 0.364. The summed E-state index contributed by atoms with van der Waals surface area (Å²) in [5, 5.41) is 3.37. The predicted octanol–water partition coefficient (Wildman–Crippen LogP) is 3.04. The molecule has 1 aromatic heterocycles. The zero-order chi connectivity index (χ0) is 14.5. The average Bonchev–Trinajstić information content (AvgIpc) is 2.49. The van der Waals surface area contributed by atoms with Gasteiger partial charge in [0.15, 0.2) is 11.6 Å². The first-order valence-electron chi connectivity index (χ1n) is 7.81. The maximum Gasteiger partial charge on any atom is 0.157 e. The van der Waals surface area contributed by atoms with Crippen LogP contribution in [0.3, 0.4) is 0 Å². The number of nitrogens with zero attached hydrogens (tertiary/aromatic N) is 3. The van der Waals surface area contributed by atoms with Crippen molar-refractivity contribution in [2.75, 3.05) is 22.5 Å². The largest absolute Gasteiger partial charge is 0.393 e. The number of hydrogen-bond donors (Lipinski definition) is 2. The van der Waals surface area contributed by atoms with Crippen molar-refractivity contribution in [1.82, 2.24) is 9.97 Å². The molecule has 20 heavy (non-hydrogen) atoms. The van der Waals surface area contributed by atoms with Gasteiger partial charge in [0.1, 0.15) is 12.0 Å². The highest BCUT2D eigenvalue weighted by molar-refractivity contribution is 5.75. The third-order valence-corrected chi connectivity index (χ3v) is 4.23. The van der Waals surface area contributed by atoms with Gasteiger partial charge in [-0.15, -0.1) is 0 Å². The monoisotopic (exact) mass is 277 g/mol. The van der Waals surface area contributed by atoms with Crippen molar-refractivity contribution in [3.8, 4) is 0 Å². The number of nitrogens with one attached hydrogen (secondary N) is 1. The van der Waals surface area contributed by atoms with Crippen molar-refractivity contribution in [2.45, 2.75) is 65.0 Å². The lowest BCUT2D eigenvalue weighted by Gasteiger charge is -2.37. The summed E-state index contributed by atoms with van der Waals surface area (Å²) in [6.45, 7) is 7.56. The van der Waals surface area contributed by atoms with Gasteiger partial charge in [0.25, 0.3) is 0 Å². The Morgan fingerprint density at radius 3 is 2.90 bits per heavy atom. The molecule has 1 saturated heterocycles. The van der Waals surface area contributed by atoms with E-state index in [1.807, 2.05) is 0 Å². The van der Waals surface area contributed by atoms with E-state index in [1.165, 1.54) is 19.3 Å². The molecule has 0 spiro atoms. The number of rotatable bonds is 5. The smallest absolute Gasteiger partial charge is 0.157 e. The molecule has 1 aliphatic rings. The summed E-state index contributed by atoms with van der Waals surface area (Å²) in [4.78, 5) is 11.1. The first-order chi connectivity index (χ1) is 9.67. The molecule has 5 nitrogen and oxygen atoms in total. The van der Waals surface area contributed by atoms with E-state index in [9.17, 15) is 0 Å². The Morgan fingerprint density at radius 2 is 2.20 bits per heavy atom. The van der Waals surface area contributed by atoms with Crippen LogP contribution in [0.1, 0.15) is 52.9 Å². The van der Waals surface area contributed by atoms with Gasteiger partial charge >= 0.3 is 0 Å². The summed E-state index contributed by atoms with van der Waals surface area (Å²) >= 11 is 0. The van der Waals surface area contributed by atoms with E-state index >= 15 is 0 Å². The first-order valence-corrected chi connectivity index (χ1v) is 7.81. The molecule has 5 heteroatoms. The molecule has 1 fully saturated rings. The second-order valence-electron chi connectivity index (χ2n) is 5.66. The van der Waals surface area contributed by atoms with Crippen molar-refractivity contribution >= 4 is 17.3 Å². The second-order valence-corrected chi connectivity index (χ2v) is 5.66. The minimum absolute atomic E-state index is 0.364. The lowest BCUT2D eigenvalue weighted by Crippen LogP contribution is -2.40. The van der Waals surface area contributed by atoms with Crippen LogP contribution in [0, 0.1) is 0 Å². The number of aromatic nitrogens is 2. The maximum absolute atomic E-state index is 6.30. The van der Waals surface area contributed by atoms with E-state index in [0.29, 0.717) is 17.8 Å². The van der Waals surface area contributed by atoms with E-state index in [1.54, 1.807) is 6.33 Å². The maximum atomic E-state index is 6.30. The standard InChI is InChI=1S/C15H27N5/c1-4-11(3)19-14-13(16)15(18-10-17-14)20-9-7-6-8-12(20)5-2/h10-12H,4-9,16H2,1-3H3,(H,17,18,19). The van der Waals surface area contributed by atoms with Gasteiger partial charge in [0.05, 0.1) is 0 Å². The number of anilines is 3. The van der Waals surface area contributed by atoms with Crippen LogP contribution in [0.25, 0.3) is 0 Å². The Kier molecular flexibility index (Phi) is 5.04. The van der Waals surface area contributed by atoms with E-state index in [2.05, 4.69) is 41.0 Å². The van der Waals surface area contributed by atoms with Gasteiger partial charge in [-0.05, 0) is 39.0 Å². The summed E-state index contributed by atoms with van der Waals surface area (Å²) in [6.07, 6.45) is 7.55. The van der Waals surface area contributed by atoms with Gasteiger partial charge in [-0.1, -0.05) is 13.8 Å². The first kappa shape index (κ1) is 14.9. The van der Waals surface area contributed by atoms with Crippen molar-refractivity contribution in [2.24, 2.45) is 0 Å². The van der Waals surface area contributed by atoms with Crippen LogP contribution in [0.4, 0.5) is 17.3 Å². The van der Waals surface area contributed by atoms with E-state index < -0.39 is 0 Å². The van der Waals surface area contributed by atoms with Crippen molar-refractivity contribution in [1.29, 1.82) is 0 Å². The second kappa shape index (κ2) is 6.77. The number of nitrogens with two attached hydrogens (primary N) is 1. The molecule has 112 valence electrons. The van der Waals surface area contributed by atoms with Crippen molar-refractivity contribution in [3.05, 3.63) is 6.33 Å². The molecule has 0 amide bonds. The summed E-state index contributed by atoms with van der Waals surface area (Å²) in [6, 6.07) is 0.917. The van der Waals surface area contributed by atoms with Crippen LogP contribution >= 0.6 is 0 Å². The van der Waals surface area contributed by atoms with Gasteiger partial charge in [0.2, 0.25) is 0 Å². The molecule has 1 aromatic rings. The SMILES string of the molecule is CCC(C)Nc1ncnc(N2CCCCC2CC)c1N. The van der Waals surface area contributed by atoms with Gasteiger partial charge < -0.3 is 16.0 Å². The fourth-order valence-electron chi connectivity index (χ4n) is 2.77. The van der Waals surface area contributed by atoms with Gasteiger partial charge in [-0.2, -0.15) is 0 Å². The van der Waals surface area contributed by atoms with Gasteiger partial charge in [0, 0.05) is 18.6 Å². The molecule has 2 atom stereocenters. The molecular formula is C15H27N5. The molecule has 0 aromatic carbocycles. The third kappa shape index (κ3) is 3.14. The number of piperidine rings is 1. The Hall–Kier alpha value is -1.52. The van der Waals surface area contributed by atoms with E-state index in [0.717, 1.165) is 31.0 Å². The Labute approximate surface area is 122 Å². The molecule has 0 saturated carbocycles. The zero-order valence-corrected chi connectivity index (χ0v) is 12.9. The van der Waals surface area contributed by atoms with Crippen LogP contribution in [0.15, 0.2) is 6.33 Å². The Morgan fingerprint density at radius 1 is 1.40 bits per heavy atom. The quantitative estimate of drug-likeness (QED) is 0.866. The van der Waals surface area contributed by atoms with Crippen LogP contribution in [-0.2, 0) is 0 Å². The molecule has 0 bridgehead atoms. The van der Waals surface area contributed by atoms with Crippen molar-refractivity contribution in [3.63, 3.8) is 0 Å². The highest BCUT2D eigenvalue weighted by atomic mass is 15.2. The number of nitrogen functional groups attached to an aromatic ring is 1. The summed E-state index contributed by atoms with van der Waals surface area (Å²) in [7, 11) is 0. The lowest BCUT2D eigenvalue weighted by molar-refractivity contribution is 0.447. The molecule has 2 rings (SSSR count). The highest BCUT2D eigenvalue weighted by Gasteiger charge is 2.25. The molecule has 1 aliphatic heterocycles. The minimum Gasteiger partial charge on any atom is -0.393 e. The van der Waals surface area contributed by atoms with Crippen LogP contribution in [0.5, 0.6) is 0 Å². The highest BCUT2D eigenvalue weighted by Crippen LogP contribution is 2.32. The summed E-state index contributed by atoms with van der Waals surface area (Å²) in [5.74, 6) is 1.67. The molecule has 2 unspecified atom stereocenters. The van der Waals surface area contributed by atoms with Crippen LogP contribution < -0.4 is 16.0 Å². The van der Waals surface area contributed by atoms with Crippen LogP contribution in [0.2, 0.25) is 0 Å². The van der Waals surface area contributed by atoms with Crippen LogP contribution in [-0.4, -0.2) is 28.6 Å². The molecular weight excluding hydrogens is 250 g/mol. The summed E-state index contributed by atoms with van der Waals surface area (Å²) in [5.41, 5.74) is 6.99. The normalized spacial score (nSPS) is 20.8. The van der Waals surface area contributed by atoms with E-state index in [-0.39, 0.29) is 0 Å². The molecule has 0 aliphatic carbocycles. The van der Waals surface area contributed by atoms with Crippen molar-refractivity contribution < 1.29 is 0 Å². The Bertz CT molecular complexity index is 434. The average molecular weight is 277 g/mol. The van der Waals surface area contributed by atoms with Gasteiger partial charge in [-0.25, -0.2) is 9.97 Å². The topological polar surface area (TPSA) is 67.1 Å². The summed E-state index contributed by atoms with van der Waals surface area (Å²) < 4.78 is 0. The molecule has 3 N–H and O–H groups in total. The Balaban J connectivity index is 2.25. The fraction of sp³-hybridized carbons (Fsp3) is 0.733. The van der Waals surface area contributed by atoms with Gasteiger partial charge in [-0.3, -0.25) is 0 Å². The third-order valence-electron chi connectivity index (χ3n) is 4.23. The zero-order valence-electron chi connectivity index (χ0n) is 12.9. The van der Waals surface area contributed by atoms with E-state index in [4.69, 9.17) is 5.73 Å². The lowest BCUT2D eigenvalue weighted by atomic mass is 10.00.